The van der Waals surface area contributed by atoms with Crippen LogP contribution in [-0.4, -0.2) is 46.0 Å². The third kappa shape index (κ3) is 7.00. The second kappa shape index (κ2) is 12.1. The Morgan fingerprint density at radius 3 is 2.22 bits per heavy atom. The molecular weight excluding hydrogens is 650 g/mol. The van der Waals surface area contributed by atoms with Crippen molar-refractivity contribution < 1.29 is 31.0 Å². The third-order valence-corrected chi connectivity index (χ3v) is 7.95. The number of hydrogen-bond acceptors (Lipinski definition) is 14. The minimum atomic E-state index is -4.92. The zero-order valence-electron chi connectivity index (χ0n) is 22.7. The van der Waals surface area contributed by atoms with Gasteiger partial charge in [0.15, 0.2) is 5.75 Å². The molecule has 0 aliphatic heterocycles. The summed E-state index contributed by atoms with van der Waals surface area (Å²) in [4.78, 5) is 10.7. The van der Waals surface area contributed by atoms with Gasteiger partial charge in [0.25, 0.3) is 20.2 Å². The summed E-state index contributed by atoms with van der Waals surface area (Å²) in [6.07, 6.45) is 0. The molecule has 6 N–H and O–H groups in total. The van der Waals surface area contributed by atoms with Crippen LogP contribution >= 0.6 is 11.6 Å². The minimum absolute atomic E-state index is 0.0165. The number of phenols is 1. The number of azo groups is 2. The second-order valence-corrected chi connectivity index (χ2v) is 12.3. The van der Waals surface area contributed by atoms with E-state index in [1.807, 2.05) is 0 Å². The first-order chi connectivity index (χ1) is 21.2. The summed E-state index contributed by atoms with van der Waals surface area (Å²) in [6, 6.07) is 15.3. The van der Waals surface area contributed by atoms with Crippen molar-refractivity contribution in [2.45, 2.75) is 16.7 Å². The lowest BCUT2D eigenvalue weighted by atomic mass is 10.1. The lowest BCUT2D eigenvalue weighted by Gasteiger charge is -2.12. The maximum absolute atomic E-state index is 12.3. The SMILES string of the molecule is Cc1nc(Cl)nc(Nc2cccc(N=Nc3c(S(=O)(=O)O)cc4ccc(N=Nc5ccccc5S(=O)(=O)O)c(N)c4c3O)c2)n1. The highest BCUT2D eigenvalue weighted by Gasteiger charge is 2.24. The van der Waals surface area contributed by atoms with E-state index in [1.54, 1.807) is 19.1 Å². The highest BCUT2D eigenvalue weighted by molar-refractivity contribution is 7.86. The van der Waals surface area contributed by atoms with Crippen molar-refractivity contribution >= 4 is 82.7 Å². The Hall–Kier alpha value is -5.14. The highest BCUT2D eigenvalue weighted by atomic mass is 35.5. The summed E-state index contributed by atoms with van der Waals surface area (Å²) in [5.41, 5.74) is 5.87. The normalized spacial score (nSPS) is 12.4. The summed E-state index contributed by atoms with van der Waals surface area (Å²) in [5.74, 6) is -0.210. The van der Waals surface area contributed by atoms with Crippen molar-refractivity contribution in [2.75, 3.05) is 11.1 Å². The number of nitrogens with one attached hydrogen (secondary N) is 1. The van der Waals surface area contributed by atoms with E-state index in [0.29, 0.717) is 11.5 Å². The van der Waals surface area contributed by atoms with Gasteiger partial charge < -0.3 is 16.2 Å². The summed E-state index contributed by atoms with van der Waals surface area (Å²) in [7, 11) is -9.53. The van der Waals surface area contributed by atoms with Crippen molar-refractivity contribution in [1.29, 1.82) is 0 Å². The molecule has 4 aromatic carbocycles. The molecule has 0 aliphatic rings. The number of aryl methyl sites for hydroxylation is 1. The average molecular weight is 670 g/mol. The van der Waals surface area contributed by atoms with Crippen LogP contribution in [0.1, 0.15) is 5.82 Å². The summed E-state index contributed by atoms with van der Waals surface area (Å²) in [5, 5.41) is 29.8. The number of fused-ring (bicyclic) bond motifs is 1. The average Bonchev–Trinajstić information content (AvgIpc) is 2.95. The minimum Gasteiger partial charge on any atom is -0.505 e. The molecule has 19 heteroatoms. The number of aromatic nitrogens is 3. The molecule has 0 fully saturated rings. The number of halogens is 1. The van der Waals surface area contributed by atoms with Gasteiger partial charge in [-0.2, -0.15) is 31.9 Å². The van der Waals surface area contributed by atoms with Crippen LogP contribution in [0.5, 0.6) is 5.75 Å². The van der Waals surface area contributed by atoms with Crippen molar-refractivity contribution in [3.8, 4) is 5.75 Å². The van der Waals surface area contributed by atoms with E-state index in [-0.39, 0.29) is 44.8 Å². The molecule has 0 amide bonds. The Labute approximate surface area is 259 Å². The first kappa shape index (κ1) is 31.3. The van der Waals surface area contributed by atoms with Crippen molar-refractivity contribution in [3.63, 3.8) is 0 Å². The maximum Gasteiger partial charge on any atom is 0.296 e. The molecule has 0 atom stereocenters. The van der Waals surface area contributed by atoms with E-state index in [2.05, 4.69) is 40.7 Å². The molecule has 1 heterocycles. The molecule has 45 heavy (non-hydrogen) atoms. The van der Waals surface area contributed by atoms with Crippen molar-refractivity contribution in [3.05, 3.63) is 77.8 Å². The van der Waals surface area contributed by atoms with Crippen LogP contribution in [0.25, 0.3) is 10.8 Å². The molecule has 0 unspecified atom stereocenters. The number of benzene rings is 4. The van der Waals surface area contributed by atoms with Gasteiger partial charge in [0.1, 0.15) is 32.7 Å². The van der Waals surface area contributed by atoms with Crippen molar-refractivity contribution in [1.82, 2.24) is 15.0 Å². The molecular formula is C26H20ClN9O7S2. The van der Waals surface area contributed by atoms with Gasteiger partial charge in [0.2, 0.25) is 11.2 Å². The van der Waals surface area contributed by atoms with E-state index in [0.717, 1.165) is 12.1 Å². The molecule has 1 aromatic heterocycles. The first-order valence-corrected chi connectivity index (χ1v) is 15.7. The summed E-state index contributed by atoms with van der Waals surface area (Å²) >= 11 is 5.88. The van der Waals surface area contributed by atoms with E-state index in [9.17, 15) is 31.0 Å². The number of rotatable bonds is 8. The van der Waals surface area contributed by atoms with Crippen LogP contribution in [0.3, 0.4) is 0 Å². The number of phenolic OH excluding ortho intramolecular Hbond substituents is 1. The van der Waals surface area contributed by atoms with Crippen molar-refractivity contribution in [2.24, 2.45) is 20.5 Å². The Balaban J connectivity index is 1.56. The second-order valence-electron chi connectivity index (χ2n) is 9.14. The standard InChI is InChI=1S/C26H20ClN9O7S2/c1-13-29-25(27)32-26(30-13)31-15-5-4-6-16(12-15)33-36-23-20(45(41,42)43)11-14-9-10-18(22(28)21(14)24(23)37)35-34-17-7-2-3-8-19(17)44(38,39)40/h2-12,37H,28H2,1H3,(H,38,39,40)(H,41,42,43)(H,29,30,31,32). The summed E-state index contributed by atoms with van der Waals surface area (Å²) < 4.78 is 67.3. The predicted octanol–water partition coefficient (Wildman–Crippen LogP) is 6.34. The molecule has 0 saturated carbocycles. The van der Waals surface area contributed by atoms with Gasteiger partial charge in [-0.3, -0.25) is 9.11 Å². The fraction of sp³-hybridized carbons (Fsp3) is 0.0385. The molecule has 16 nitrogen and oxygen atoms in total. The molecule has 0 aliphatic carbocycles. The lowest BCUT2D eigenvalue weighted by molar-refractivity contribution is 0.472. The Morgan fingerprint density at radius 1 is 0.800 bits per heavy atom. The third-order valence-electron chi connectivity index (χ3n) is 6.01. The van der Waals surface area contributed by atoms with Gasteiger partial charge in [-0.05, 0) is 66.4 Å². The van der Waals surface area contributed by atoms with Crippen LogP contribution in [0.15, 0.2) is 97.0 Å². The van der Waals surface area contributed by atoms with Crippen LogP contribution in [0, 0.1) is 6.92 Å². The van der Waals surface area contributed by atoms with E-state index in [1.165, 1.54) is 42.5 Å². The fourth-order valence-corrected chi connectivity index (χ4v) is 5.57. The topological polar surface area (TPSA) is 255 Å². The molecule has 0 saturated heterocycles. The molecule has 0 bridgehead atoms. The molecule has 5 rings (SSSR count). The molecule has 0 spiro atoms. The van der Waals surface area contributed by atoms with Crippen LogP contribution < -0.4 is 11.1 Å². The zero-order valence-corrected chi connectivity index (χ0v) is 25.1. The number of nitrogens with zero attached hydrogens (tertiary/aromatic N) is 7. The van der Waals surface area contributed by atoms with Crippen LogP contribution in [0.4, 0.5) is 40.1 Å². The van der Waals surface area contributed by atoms with Crippen LogP contribution in [0.2, 0.25) is 5.28 Å². The lowest BCUT2D eigenvalue weighted by Crippen LogP contribution is -2.00. The molecule has 230 valence electrons. The maximum atomic E-state index is 12.3. The van der Waals surface area contributed by atoms with E-state index < -0.39 is 41.5 Å². The Kier molecular flexibility index (Phi) is 8.41. The molecule has 5 aromatic rings. The Bertz CT molecular complexity index is 2250. The predicted molar refractivity (Wildman–Crippen MR) is 164 cm³/mol. The smallest absolute Gasteiger partial charge is 0.296 e. The fourth-order valence-electron chi connectivity index (χ4n) is 4.09. The zero-order chi connectivity index (χ0) is 32.5. The van der Waals surface area contributed by atoms with Gasteiger partial charge in [-0.25, -0.2) is 4.98 Å². The van der Waals surface area contributed by atoms with Crippen LogP contribution in [-0.2, 0) is 20.2 Å². The number of aromatic hydroxyl groups is 1. The molecule has 0 radical (unpaired) electrons. The summed E-state index contributed by atoms with van der Waals surface area (Å²) in [6.45, 7) is 1.63. The number of anilines is 3. The van der Waals surface area contributed by atoms with Gasteiger partial charge >= 0.3 is 0 Å². The van der Waals surface area contributed by atoms with Gasteiger partial charge in [-0.15, -0.1) is 15.3 Å². The number of nitrogens with two attached hydrogens (primary N) is 1. The quantitative estimate of drug-likeness (QED) is 0.0688. The monoisotopic (exact) mass is 669 g/mol. The van der Waals surface area contributed by atoms with Gasteiger partial charge in [0, 0.05) is 5.69 Å². The number of hydrogen-bond donors (Lipinski definition) is 5. The number of nitrogen functional groups attached to an aromatic ring is 1. The van der Waals surface area contributed by atoms with E-state index >= 15 is 0 Å². The highest BCUT2D eigenvalue weighted by Crippen LogP contribution is 2.46. The first-order valence-electron chi connectivity index (χ1n) is 12.4. The van der Waals surface area contributed by atoms with Gasteiger partial charge in [0.05, 0.1) is 16.8 Å². The Morgan fingerprint density at radius 2 is 1.51 bits per heavy atom. The van der Waals surface area contributed by atoms with Gasteiger partial charge in [-0.1, -0.05) is 24.3 Å². The largest absolute Gasteiger partial charge is 0.505 e. The van der Waals surface area contributed by atoms with E-state index in [4.69, 9.17) is 17.3 Å².